The van der Waals surface area contributed by atoms with Crippen LogP contribution >= 0.6 is 11.8 Å². The van der Waals surface area contributed by atoms with Crippen molar-refractivity contribution in [3.63, 3.8) is 0 Å². The molecule has 1 fully saturated rings. The lowest BCUT2D eigenvalue weighted by Gasteiger charge is -2.14. The van der Waals surface area contributed by atoms with Crippen LogP contribution in [0, 0.1) is 0 Å². The predicted octanol–water partition coefficient (Wildman–Crippen LogP) is 2.73. The van der Waals surface area contributed by atoms with E-state index in [9.17, 15) is 18.0 Å². The van der Waals surface area contributed by atoms with Gasteiger partial charge < -0.3 is 4.90 Å². The van der Waals surface area contributed by atoms with Gasteiger partial charge in [-0.15, -0.1) is 0 Å². The molecule has 2 aromatic heterocycles. The van der Waals surface area contributed by atoms with Gasteiger partial charge in [0.05, 0.1) is 27.7 Å². The van der Waals surface area contributed by atoms with Gasteiger partial charge in [-0.2, -0.15) is 18.3 Å². The second-order valence-corrected chi connectivity index (χ2v) is 6.36. The Kier molecular flexibility index (Phi) is 4.05. The van der Waals surface area contributed by atoms with Gasteiger partial charge in [0, 0.05) is 26.0 Å². The third kappa shape index (κ3) is 3.34. The largest absolute Gasteiger partial charge is 0.417 e. The number of thioether (sulfide) groups is 1. The minimum absolute atomic E-state index is 0.0790. The summed E-state index contributed by atoms with van der Waals surface area (Å²) in [6.07, 6.45) is 0.362. The highest BCUT2D eigenvalue weighted by molar-refractivity contribution is 8.00. The lowest BCUT2D eigenvalue weighted by molar-refractivity contribution is -0.137. The molecule has 1 aliphatic heterocycles. The first kappa shape index (κ1) is 15.9. The van der Waals surface area contributed by atoms with Crippen LogP contribution < -0.4 is 4.90 Å². The fraction of sp³-hybridized carbons (Fsp3) is 0.357. The third-order valence-corrected chi connectivity index (χ3v) is 4.69. The van der Waals surface area contributed by atoms with Gasteiger partial charge in [0.25, 0.3) is 0 Å². The second-order valence-electron chi connectivity index (χ2n) is 5.14. The molecular weight excluding hydrogens is 329 g/mol. The maximum absolute atomic E-state index is 12.5. The number of hydrogen-bond acceptors (Lipinski definition) is 4. The Balaban J connectivity index is 1.68. The molecule has 0 aliphatic carbocycles. The summed E-state index contributed by atoms with van der Waals surface area (Å²) in [5.41, 5.74) is -0.0717. The van der Waals surface area contributed by atoms with Gasteiger partial charge in [0.2, 0.25) is 5.91 Å². The van der Waals surface area contributed by atoms with Gasteiger partial charge in [-0.1, -0.05) is 11.8 Å². The standard InChI is InChI=1S/C14H13F3N4OS/c1-20-8-10(7-19-20)21-5-4-11(13(21)22)23-12-3-2-9(6-18-12)14(15,16)17/h2-3,6-8,11H,4-5H2,1H3. The highest BCUT2D eigenvalue weighted by atomic mass is 32.2. The molecule has 122 valence electrons. The number of carbonyl (C=O) groups is 1. The number of nitrogens with zero attached hydrogens (tertiary/aromatic N) is 4. The van der Waals surface area contributed by atoms with Crippen LogP contribution in [0.3, 0.4) is 0 Å². The maximum Gasteiger partial charge on any atom is 0.417 e. The van der Waals surface area contributed by atoms with Crippen LogP contribution in [0.2, 0.25) is 0 Å². The molecule has 1 atom stereocenters. The number of aromatic nitrogens is 3. The topological polar surface area (TPSA) is 51.0 Å². The van der Waals surface area contributed by atoms with Crippen molar-refractivity contribution < 1.29 is 18.0 Å². The van der Waals surface area contributed by atoms with E-state index in [-0.39, 0.29) is 11.2 Å². The molecule has 3 heterocycles. The van der Waals surface area contributed by atoms with Crippen LogP contribution in [0.1, 0.15) is 12.0 Å². The Morgan fingerprint density at radius 2 is 2.09 bits per heavy atom. The van der Waals surface area contributed by atoms with E-state index in [1.807, 2.05) is 0 Å². The molecule has 0 N–H and O–H groups in total. The van der Waals surface area contributed by atoms with Crippen molar-refractivity contribution in [2.45, 2.75) is 22.9 Å². The first-order chi connectivity index (χ1) is 10.8. The molecule has 23 heavy (non-hydrogen) atoms. The van der Waals surface area contributed by atoms with Crippen molar-refractivity contribution in [1.29, 1.82) is 0 Å². The molecule has 9 heteroatoms. The molecule has 0 bridgehead atoms. The van der Waals surface area contributed by atoms with Crippen molar-refractivity contribution >= 4 is 23.4 Å². The van der Waals surface area contributed by atoms with E-state index in [0.29, 0.717) is 18.0 Å². The first-order valence-corrected chi connectivity index (χ1v) is 7.72. The second kappa shape index (κ2) is 5.88. The number of alkyl halides is 3. The van der Waals surface area contributed by atoms with E-state index in [0.717, 1.165) is 18.0 Å². The van der Waals surface area contributed by atoms with E-state index < -0.39 is 11.7 Å². The van der Waals surface area contributed by atoms with Crippen LogP contribution in [0.25, 0.3) is 0 Å². The average molecular weight is 342 g/mol. The lowest BCUT2D eigenvalue weighted by Crippen LogP contribution is -2.27. The lowest BCUT2D eigenvalue weighted by atomic mass is 10.3. The van der Waals surface area contributed by atoms with E-state index in [1.54, 1.807) is 29.0 Å². The molecule has 0 radical (unpaired) electrons. The van der Waals surface area contributed by atoms with Crippen molar-refractivity contribution in [1.82, 2.24) is 14.8 Å². The van der Waals surface area contributed by atoms with Crippen molar-refractivity contribution in [2.24, 2.45) is 7.05 Å². The van der Waals surface area contributed by atoms with Crippen molar-refractivity contribution in [3.05, 3.63) is 36.3 Å². The Bertz CT molecular complexity index is 714. The molecule has 0 saturated carbocycles. The van der Waals surface area contributed by atoms with Crippen molar-refractivity contribution in [3.8, 4) is 0 Å². The van der Waals surface area contributed by atoms with Crippen LogP contribution in [-0.4, -0.2) is 32.5 Å². The Morgan fingerprint density at radius 1 is 1.30 bits per heavy atom. The molecule has 1 aliphatic rings. The first-order valence-electron chi connectivity index (χ1n) is 6.84. The summed E-state index contributed by atoms with van der Waals surface area (Å²) in [7, 11) is 1.77. The van der Waals surface area contributed by atoms with Gasteiger partial charge >= 0.3 is 6.18 Å². The normalized spacial score (nSPS) is 18.7. The zero-order valence-electron chi connectivity index (χ0n) is 12.1. The van der Waals surface area contributed by atoms with Gasteiger partial charge in [-0.25, -0.2) is 4.98 Å². The zero-order chi connectivity index (χ0) is 16.6. The molecule has 0 spiro atoms. The molecule has 3 rings (SSSR count). The monoisotopic (exact) mass is 342 g/mol. The van der Waals surface area contributed by atoms with E-state index in [4.69, 9.17) is 0 Å². The Morgan fingerprint density at radius 3 is 2.65 bits per heavy atom. The van der Waals surface area contributed by atoms with Crippen LogP contribution in [0.15, 0.2) is 35.7 Å². The van der Waals surface area contributed by atoms with Crippen LogP contribution in [0.5, 0.6) is 0 Å². The Hall–Kier alpha value is -2.03. The SMILES string of the molecule is Cn1cc(N2CCC(Sc3ccc(C(F)(F)F)cn3)C2=O)cn1. The Labute approximate surface area is 134 Å². The van der Waals surface area contributed by atoms with E-state index in [1.165, 1.54) is 17.8 Å². The molecule has 0 aromatic carbocycles. The molecular formula is C14H13F3N4OS. The molecule has 1 unspecified atom stereocenters. The van der Waals surface area contributed by atoms with Gasteiger partial charge in [0.1, 0.15) is 0 Å². The molecule has 2 aromatic rings. The fourth-order valence-electron chi connectivity index (χ4n) is 2.33. The summed E-state index contributed by atoms with van der Waals surface area (Å²) in [5.74, 6) is -0.0790. The van der Waals surface area contributed by atoms with Crippen molar-refractivity contribution in [2.75, 3.05) is 11.4 Å². The number of amides is 1. The molecule has 1 saturated heterocycles. The highest BCUT2D eigenvalue weighted by Crippen LogP contribution is 2.34. The van der Waals surface area contributed by atoms with Gasteiger partial charge in [-0.3, -0.25) is 9.48 Å². The predicted molar refractivity (Wildman–Crippen MR) is 79.1 cm³/mol. The van der Waals surface area contributed by atoms with Crippen LogP contribution in [-0.2, 0) is 18.0 Å². The molecule has 1 amide bonds. The summed E-state index contributed by atoms with van der Waals surface area (Å²) in [6.45, 7) is 0.558. The van der Waals surface area contributed by atoms with E-state index >= 15 is 0 Å². The number of halogens is 3. The third-order valence-electron chi connectivity index (χ3n) is 3.49. The number of aryl methyl sites for hydroxylation is 1. The van der Waals surface area contributed by atoms with Crippen LogP contribution in [0.4, 0.5) is 18.9 Å². The number of rotatable bonds is 3. The molecule has 5 nitrogen and oxygen atoms in total. The number of pyridine rings is 1. The summed E-state index contributed by atoms with van der Waals surface area (Å²) in [6, 6.07) is 2.28. The minimum Gasteiger partial charge on any atom is -0.308 e. The number of anilines is 1. The van der Waals surface area contributed by atoms with E-state index in [2.05, 4.69) is 10.1 Å². The summed E-state index contributed by atoms with van der Waals surface area (Å²) in [4.78, 5) is 17.8. The maximum atomic E-state index is 12.5. The summed E-state index contributed by atoms with van der Waals surface area (Å²) < 4.78 is 39.1. The highest BCUT2D eigenvalue weighted by Gasteiger charge is 2.35. The smallest absolute Gasteiger partial charge is 0.308 e. The quantitative estimate of drug-likeness (QED) is 0.861. The zero-order valence-corrected chi connectivity index (χ0v) is 12.9. The van der Waals surface area contributed by atoms with Gasteiger partial charge in [0.15, 0.2) is 0 Å². The van der Waals surface area contributed by atoms with Gasteiger partial charge in [-0.05, 0) is 18.6 Å². The fourth-order valence-corrected chi connectivity index (χ4v) is 3.33. The average Bonchev–Trinajstić information content (AvgIpc) is 3.06. The minimum atomic E-state index is -4.41. The number of carbonyl (C=O) groups excluding carboxylic acids is 1. The summed E-state index contributed by atoms with van der Waals surface area (Å²) >= 11 is 1.19. The number of hydrogen-bond donors (Lipinski definition) is 0. The summed E-state index contributed by atoms with van der Waals surface area (Å²) in [5, 5.41) is 4.09.